The molecule has 0 aliphatic carbocycles. The number of hydrogen-bond donors (Lipinski definition) is 1. The quantitative estimate of drug-likeness (QED) is 0.430. The Morgan fingerprint density at radius 2 is 1.70 bits per heavy atom. The molecule has 3 aromatic rings. The standard InChI is InChI=1S/C22H20Cl3N3O3S2/c23-16-6-4-14(5-7-16)12-17-13-26-22(32-17)27-21(29)15-8-10-28(11-9-15)33(30,31)20-18(24)2-1-3-19(20)25/h1-7,13,15H,8-12H2,(H,26,27,29). The molecule has 0 spiro atoms. The minimum absolute atomic E-state index is 0.0838. The average Bonchev–Trinajstić information content (AvgIpc) is 3.22. The third kappa shape index (κ3) is 5.70. The maximum absolute atomic E-state index is 13.0. The van der Waals surface area contributed by atoms with Crippen molar-refractivity contribution < 1.29 is 13.2 Å². The molecule has 0 saturated carbocycles. The van der Waals surface area contributed by atoms with E-state index in [2.05, 4.69) is 10.3 Å². The summed E-state index contributed by atoms with van der Waals surface area (Å²) in [5, 5.41) is 4.25. The minimum atomic E-state index is -3.84. The average molecular weight is 545 g/mol. The number of carbonyl (C=O) groups is 1. The van der Waals surface area contributed by atoms with Crippen molar-refractivity contribution in [2.45, 2.75) is 24.2 Å². The van der Waals surface area contributed by atoms with Crippen LogP contribution in [0.3, 0.4) is 0 Å². The van der Waals surface area contributed by atoms with Crippen LogP contribution >= 0.6 is 46.1 Å². The summed E-state index contributed by atoms with van der Waals surface area (Å²) in [7, 11) is -3.84. The molecule has 1 amide bonds. The van der Waals surface area contributed by atoms with Crippen LogP contribution in [0.5, 0.6) is 0 Å². The maximum atomic E-state index is 13.0. The third-order valence-electron chi connectivity index (χ3n) is 5.42. The molecule has 2 aromatic carbocycles. The normalized spacial score (nSPS) is 15.5. The lowest BCUT2D eigenvalue weighted by atomic mass is 9.97. The van der Waals surface area contributed by atoms with Gasteiger partial charge in [0.1, 0.15) is 4.90 Å². The second kappa shape index (κ2) is 10.3. The molecule has 1 aromatic heterocycles. The van der Waals surface area contributed by atoms with Gasteiger partial charge < -0.3 is 5.32 Å². The molecule has 1 aliphatic heterocycles. The number of amides is 1. The zero-order chi connectivity index (χ0) is 23.6. The molecule has 2 heterocycles. The number of benzene rings is 2. The first-order chi connectivity index (χ1) is 15.7. The van der Waals surface area contributed by atoms with Crippen molar-refractivity contribution in [1.29, 1.82) is 0 Å². The van der Waals surface area contributed by atoms with Crippen LogP contribution in [0.1, 0.15) is 23.3 Å². The van der Waals surface area contributed by atoms with E-state index in [-0.39, 0.29) is 39.9 Å². The van der Waals surface area contributed by atoms with Gasteiger partial charge in [-0.1, -0.05) is 53.0 Å². The summed E-state index contributed by atoms with van der Waals surface area (Å²) in [6.45, 7) is 0.420. The number of nitrogens with zero attached hydrogens (tertiary/aromatic N) is 2. The van der Waals surface area contributed by atoms with E-state index in [1.807, 2.05) is 24.3 Å². The van der Waals surface area contributed by atoms with E-state index in [0.29, 0.717) is 29.4 Å². The largest absolute Gasteiger partial charge is 0.302 e. The first-order valence-electron chi connectivity index (χ1n) is 10.2. The number of sulfonamides is 1. The number of hydrogen-bond acceptors (Lipinski definition) is 5. The molecule has 33 heavy (non-hydrogen) atoms. The van der Waals surface area contributed by atoms with E-state index >= 15 is 0 Å². The number of nitrogens with one attached hydrogen (secondary N) is 1. The van der Waals surface area contributed by atoms with Crippen LogP contribution in [0.25, 0.3) is 0 Å². The molecule has 11 heteroatoms. The van der Waals surface area contributed by atoms with Gasteiger partial charge in [0.05, 0.1) is 10.0 Å². The van der Waals surface area contributed by atoms with Crippen LogP contribution in [-0.4, -0.2) is 36.7 Å². The van der Waals surface area contributed by atoms with E-state index in [1.54, 1.807) is 12.3 Å². The van der Waals surface area contributed by atoms with Gasteiger partial charge in [-0.15, -0.1) is 11.3 Å². The number of aromatic nitrogens is 1. The van der Waals surface area contributed by atoms with Gasteiger partial charge in [0.2, 0.25) is 15.9 Å². The Morgan fingerprint density at radius 1 is 1.06 bits per heavy atom. The Kier molecular flexibility index (Phi) is 7.63. The summed E-state index contributed by atoms with van der Waals surface area (Å²) in [4.78, 5) is 18.0. The second-order valence-corrected chi connectivity index (χ2v) is 11.9. The lowest BCUT2D eigenvalue weighted by molar-refractivity contribution is -0.120. The van der Waals surface area contributed by atoms with Gasteiger partial charge in [0.15, 0.2) is 5.13 Å². The van der Waals surface area contributed by atoms with E-state index in [4.69, 9.17) is 34.8 Å². The van der Waals surface area contributed by atoms with Crippen LogP contribution in [0, 0.1) is 5.92 Å². The molecule has 6 nitrogen and oxygen atoms in total. The smallest absolute Gasteiger partial charge is 0.246 e. The molecule has 1 saturated heterocycles. The monoisotopic (exact) mass is 543 g/mol. The molecular weight excluding hydrogens is 525 g/mol. The summed E-state index contributed by atoms with van der Waals surface area (Å²) < 4.78 is 27.3. The molecule has 174 valence electrons. The number of piperidine rings is 1. The topological polar surface area (TPSA) is 79.4 Å². The number of rotatable bonds is 6. The van der Waals surface area contributed by atoms with Crippen LogP contribution in [0.2, 0.25) is 15.1 Å². The minimum Gasteiger partial charge on any atom is -0.302 e. The predicted molar refractivity (Wildman–Crippen MR) is 133 cm³/mol. The van der Waals surface area contributed by atoms with Crippen molar-refractivity contribution in [3.63, 3.8) is 0 Å². The van der Waals surface area contributed by atoms with Crippen molar-refractivity contribution in [1.82, 2.24) is 9.29 Å². The summed E-state index contributed by atoms with van der Waals surface area (Å²) >= 11 is 19.5. The Labute approximate surface area is 211 Å². The highest BCUT2D eigenvalue weighted by Gasteiger charge is 2.34. The molecule has 0 unspecified atom stereocenters. The van der Waals surface area contributed by atoms with Crippen LogP contribution in [0.4, 0.5) is 5.13 Å². The zero-order valence-corrected chi connectivity index (χ0v) is 21.2. The summed E-state index contributed by atoms with van der Waals surface area (Å²) in [6.07, 6.45) is 3.25. The fourth-order valence-corrected chi connectivity index (χ4v) is 7.21. The molecule has 0 atom stereocenters. The van der Waals surface area contributed by atoms with Crippen LogP contribution in [-0.2, 0) is 21.2 Å². The van der Waals surface area contributed by atoms with Gasteiger partial charge in [-0.3, -0.25) is 4.79 Å². The molecule has 1 aliphatic rings. The molecule has 0 radical (unpaired) electrons. The Morgan fingerprint density at radius 3 is 2.33 bits per heavy atom. The van der Waals surface area contributed by atoms with Crippen molar-refractivity contribution in [2.24, 2.45) is 5.92 Å². The first-order valence-corrected chi connectivity index (χ1v) is 13.6. The number of anilines is 1. The first kappa shape index (κ1) is 24.4. The van der Waals surface area contributed by atoms with Crippen molar-refractivity contribution in [3.8, 4) is 0 Å². The Hall–Kier alpha value is -1.68. The number of carbonyl (C=O) groups excluding carboxylic acids is 1. The lowest BCUT2D eigenvalue weighted by Crippen LogP contribution is -2.41. The third-order valence-corrected chi connectivity index (χ3v) is 9.44. The van der Waals surface area contributed by atoms with Crippen LogP contribution < -0.4 is 5.32 Å². The van der Waals surface area contributed by atoms with Gasteiger partial charge in [0.25, 0.3) is 0 Å². The van der Waals surface area contributed by atoms with Crippen LogP contribution in [0.15, 0.2) is 53.6 Å². The summed E-state index contributed by atoms with van der Waals surface area (Å²) in [5.74, 6) is -0.461. The fourth-order valence-electron chi connectivity index (χ4n) is 3.67. The SMILES string of the molecule is O=C(Nc1ncc(Cc2ccc(Cl)cc2)s1)C1CCN(S(=O)(=O)c2c(Cl)cccc2Cl)CC1. The predicted octanol–water partition coefficient (Wildman–Crippen LogP) is 5.73. The summed E-state index contributed by atoms with van der Waals surface area (Å²) in [6, 6.07) is 12.2. The van der Waals surface area contributed by atoms with E-state index in [0.717, 1.165) is 10.4 Å². The number of halogens is 3. The Bertz CT molecular complexity index is 1240. The second-order valence-electron chi connectivity index (χ2n) is 7.65. The van der Waals surface area contributed by atoms with Gasteiger partial charge in [0, 0.05) is 41.5 Å². The molecule has 1 fully saturated rings. The highest BCUT2D eigenvalue weighted by atomic mass is 35.5. The van der Waals surface area contributed by atoms with Crippen molar-refractivity contribution >= 4 is 67.2 Å². The lowest BCUT2D eigenvalue weighted by Gasteiger charge is -2.30. The number of thiazole rings is 1. The molecular formula is C22H20Cl3N3O3S2. The summed E-state index contributed by atoms with van der Waals surface area (Å²) in [5.41, 5.74) is 1.10. The molecule has 0 bridgehead atoms. The molecule has 4 rings (SSSR count). The van der Waals surface area contributed by atoms with E-state index < -0.39 is 10.0 Å². The van der Waals surface area contributed by atoms with E-state index in [1.165, 1.54) is 27.8 Å². The Balaban J connectivity index is 1.34. The van der Waals surface area contributed by atoms with Crippen molar-refractivity contribution in [2.75, 3.05) is 18.4 Å². The van der Waals surface area contributed by atoms with Gasteiger partial charge in [-0.25, -0.2) is 13.4 Å². The van der Waals surface area contributed by atoms with Gasteiger partial charge in [-0.2, -0.15) is 4.31 Å². The van der Waals surface area contributed by atoms with E-state index in [9.17, 15) is 13.2 Å². The highest BCUT2D eigenvalue weighted by molar-refractivity contribution is 7.89. The molecule has 1 N–H and O–H groups in total. The van der Waals surface area contributed by atoms with Gasteiger partial charge >= 0.3 is 0 Å². The van der Waals surface area contributed by atoms with Crippen molar-refractivity contribution in [3.05, 3.63) is 74.2 Å². The zero-order valence-electron chi connectivity index (χ0n) is 17.3. The fraction of sp³-hybridized carbons (Fsp3) is 0.273. The highest BCUT2D eigenvalue weighted by Crippen LogP contribution is 2.33. The maximum Gasteiger partial charge on any atom is 0.246 e. The van der Waals surface area contributed by atoms with Gasteiger partial charge in [-0.05, 0) is 42.7 Å².